The van der Waals surface area contributed by atoms with Crippen molar-refractivity contribution in [3.05, 3.63) is 75.9 Å². The van der Waals surface area contributed by atoms with E-state index in [1.165, 1.54) is 33.4 Å². The summed E-state index contributed by atoms with van der Waals surface area (Å²) in [4.78, 5) is 27.8. The molecule has 150 valence electrons. The van der Waals surface area contributed by atoms with Gasteiger partial charge in [-0.2, -0.15) is 0 Å². The first kappa shape index (κ1) is 22.5. The van der Waals surface area contributed by atoms with Gasteiger partial charge in [0.15, 0.2) is 0 Å². The standard InChI is InChI=1S/C12H18.C6H3N3O7/c1-7-8(2)10(4)12(6)11(5)9(7)3;10-6-4(8(13)14)1-3(7(11)12)2-5(6)9(15)16/h1-6H3;1-2,10H. The van der Waals surface area contributed by atoms with Crippen LogP contribution in [0.5, 0.6) is 5.75 Å². The van der Waals surface area contributed by atoms with Crippen LogP contribution in [0.1, 0.15) is 33.4 Å². The van der Waals surface area contributed by atoms with Crippen molar-refractivity contribution in [3.63, 3.8) is 0 Å². The molecule has 0 heterocycles. The molecule has 0 bridgehead atoms. The van der Waals surface area contributed by atoms with Crippen LogP contribution in [0.15, 0.2) is 12.1 Å². The molecule has 1 N–H and O–H groups in total. The van der Waals surface area contributed by atoms with Crippen LogP contribution >= 0.6 is 0 Å². The summed E-state index contributed by atoms with van der Waals surface area (Å²) in [6, 6.07) is 0.894. The highest BCUT2D eigenvalue weighted by Gasteiger charge is 2.30. The fourth-order valence-electron chi connectivity index (χ4n) is 2.66. The largest absolute Gasteiger partial charge is 0.497 e. The van der Waals surface area contributed by atoms with Gasteiger partial charge in [0.1, 0.15) is 0 Å². The lowest BCUT2D eigenvalue weighted by molar-refractivity contribution is -0.404. The van der Waals surface area contributed by atoms with Crippen LogP contribution in [0.3, 0.4) is 0 Å². The van der Waals surface area contributed by atoms with Crippen molar-refractivity contribution in [2.75, 3.05) is 0 Å². The molecular formula is C18H21N3O7. The van der Waals surface area contributed by atoms with E-state index in [1.807, 2.05) is 0 Å². The quantitative estimate of drug-likeness (QED) is 0.590. The van der Waals surface area contributed by atoms with Gasteiger partial charge in [-0.3, -0.25) is 30.3 Å². The first-order valence-electron chi connectivity index (χ1n) is 8.14. The zero-order valence-electron chi connectivity index (χ0n) is 16.4. The van der Waals surface area contributed by atoms with E-state index in [2.05, 4.69) is 41.5 Å². The Morgan fingerprint density at radius 1 is 0.607 bits per heavy atom. The molecule has 2 aromatic carbocycles. The van der Waals surface area contributed by atoms with E-state index in [9.17, 15) is 30.3 Å². The molecule has 0 saturated heterocycles. The second-order valence-electron chi connectivity index (χ2n) is 6.35. The fourth-order valence-corrected chi connectivity index (χ4v) is 2.66. The van der Waals surface area contributed by atoms with Gasteiger partial charge in [0, 0.05) is 0 Å². The van der Waals surface area contributed by atoms with Gasteiger partial charge in [-0.05, 0) is 74.9 Å². The minimum absolute atomic E-state index is 0.447. The van der Waals surface area contributed by atoms with Crippen LogP contribution in [-0.4, -0.2) is 19.9 Å². The van der Waals surface area contributed by atoms with Crippen LogP contribution in [0.25, 0.3) is 0 Å². The topological polar surface area (TPSA) is 150 Å². The summed E-state index contributed by atoms with van der Waals surface area (Å²) in [5.74, 6) is -1.21. The van der Waals surface area contributed by atoms with Gasteiger partial charge in [0.05, 0.1) is 26.9 Å². The van der Waals surface area contributed by atoms with Gasteiger partial charge in [-0.25, -0.2) is 0 Å². The number of phenols is 1. The number of aromatic hydroxyl groups is 1. The summed E-state index contributed by atoms with van der Waals surface area (Å²) in [5.41, 5.74) is 5.72. The molecular weight excluding hydrogens is 370 g/mol. The maximum absolute atomic E-state index is 10.4. The summed E-state index contributed by atoms with van der Waals surface area (Å²) < 4.78 is 0. The summed E-state index contributed by atoms with van der Waals surface area (Å²) in [6.45, 7) is 13.3. The van der Waals surface area contributed by atoms with Crippen molar-refractivity contribution in [1.82, 2.24) is 0 Å². The van der Waals surface area contributed by atoms with Crippen molar-refractivity contribution >= 4 is 17.1 Å². The Morgan fingerprint density at radius 3 is 1.04 bits per heavy atom. The summed E-state index contributed by atoms with van der Waals surface area (Å²) in [7, 11) is 0. The Labute approximate surface area is 160 Å². The number of rotatable bonds is 3. The average Bonchev–Trinajstić information content (AvgIpc) is 2.63. The lowest BCUT2D eigenvalue weighted by Crippen LogP contribution is -1.98. The van der Waals surface area contributed by atoms with Gasteiger partial charge in [0.25, 0.3) is 11.4 Å². The van der Waals surface area contributed by atoms with Gasteiger partial charge in [-0.1, -0.05) is 0 Å². The van der Waals surface area contributed by atoms with Crippen LogP contribution in [0, 0.1) is 71.9 Å². The number of nitrogens with zero attached hydrogens (tertiary/aromatic N) is 3. The molecule has 0 fully saturated rings. The average molecular weight is 391 g/mol. The van der Waals surface area contributed by atoms with Crippen LogP contribution in [0.2, 0.25) is 0 Å². The number of hydrogen-bond donors (Lipinski definition) is 1. The lowest BCUT2D eigenvalue weighted by Gasteiger charge is -2.15. The Hall–Kier alpha value is -3.56. The number of nitro benzene ring substituents is 3. The number of benzene rings is 2. The summed E-state index contributed by atoms with van der Waals surface area (Å²) in [5, 5.41) is 40.2. The highest BCUT2D eigenvalue weighted by atomic mass is 16.6. The second-order valence-corrected chi connectivity index (χ2v) is 6.35. The van der Waals surface area contributed by atoms with Crippen molar-refractivity contribution < 1.29 is 19.9 Å². The predicted molar refractivity (Wildman–Crippen MR) is 103 cm³/mol. The highest BCUT2D eigenvalue weighted by molar-refractivity contribution is 5.64. The molecule has 10 heteroatoms. The van der Waals surface area contributed by atoms with Crippen molar-refractivity contribution in [2.45, 2.75) is 41.5 Å². The van der Waals surface area contributed by atoms with E-state index in [1.54, 1.807) is 0 Å². The van der Waals surface area contributed by atoms with Crippen LogP contribution in [-0.2, 0) is 0 Å². The molecule has 0 aromatic heterocycles. The minimum atomic E-state index is -1.21. The molecule has 0 aliphatic rings. The highest BCUT2D eigenvalue weighted by Crippen LogP contribution is 2.38. The molecule has 0 unspecified atom stereocenters. The van der Waals surface area contributed by atoms with Gasteiger partial charge >= 0.3 is 11.4 Å². The number of hydrogen-bond acceptors (Lipinski definition) is 7. The van der Waals surface area contributed by atoms with E-state index >= 15 is 0 Å². The fraction of sp³-hybridized carbons (Fsp3) is 0.333. The summed E-state index contributed by atoms with van der Waals surface area (Å²) >= 11 is 0. The van der Waals surface area contributed by atoms with Gasteiger partial charge in [0.2, 0.25) is 0 Å². The number of nitro groups is 3. The van der Waals surface area contributed by atoms with E-state index in [0.29, 0.717) is 12.1 Å². The first-order valence-corrected chi connectivity index (χ1v) is 8.14. The predicted octanol–water partition coefficient (Wildman–Crippen LogP) is 4.65. The van der Waals surface area contributed by atoms with E-state index < -0.39 is 37.6 Å². The lowest BCUT2D eigenvalue weighted by atomic mass is 9.90. The molecule has 0 amide bonds. The molecule has 0 radical (unpaired) electrons. The zero-order valence-corrected chi connectivity index (χ0v) is 16.4. The third kappa shape index (κ3) is 4.40. The Bertz CT molecular complexity index is 844. The smallest absolute Gasteiger partial charge is 0.324 e. The van der Waals surface area contributed by atoms with Crippen molar-refractivity contribution in [3.8, 4) is 5.75 Å². The molecule has 0 atom stereocenters. The van der Waals surface area contributed by atoms with E-state index in [0.717, 1.165) is 0 Å². The molecule has 0 spiro atoms. The molecule has 0 aliphatic carbocycles. The van der Waals surface area contributed by atoms with E-state index in [4.69, 9.17) is 5.11 Å². The molecule has 2 rings (SSSR count). The minimum Gasteiger partial charge on any atom is -0.497 e. The Morgan fingerprint density at radius 2 is 0.857 bits per heavy atom. The van der Waals surface area contributed by atoms with Crippen molar-refractivity contribution in [1.29, 1.82) is 0 Å². The molecule has 10 nitrogen and oxygen atoms in total. The van der Waals surface area contributed by atoms with Crippen molar-refractivity contribution in [2.24, 2.45) is 0 Å². The van der Waals surface area contributed by atoms with Gasteiger partial charge in [-0.15, -0.1) is 0 Å². The van der Waals surface area contributed by atoms with Crippen LogP contribution in [0.4, 0.5) is 17.1 Å². The SMILES string of the molecule is Cc1c(C)c(C)c(C)c(C)c1C.O=[N+]([O-])c1cc([N+](=O)[O-])c(O)c([N+](=O)[O-])c1. The number of non-ortho nitro benzene ring substituents is 1. The molecule has 28 heavy (non-hydrogen) atoms. The first-order chi connectivity index (χ1) is 12.8. The van der Waals surface area contributed by atoms with Gasteiger partial charge < -0.3 is 5.11 Å². The second kappa shape index (κ2) is 8.42. The maximum atomic E-state index is 10.4. The zero-order chi connectivity index (χ0) is 21.9. The third-order valence-electron chi connectivity index (χ3n) is 5.03. The Balaban J connectivity index is 0.000000292. The van der Waals surface area contributed by atoms with E-state index in [-0.39, 0.29) is 0 Å². The number of phenolic OH excluding ortho intramolecular Hbond substituents is 1. The Kier molecular flexibility index (Phi) is 6.76. The molecule has 0 aliphatic heterocycles. The maximum Gasteiger partial charge on any atom is 0.324 e. The monoisotopic (exact) mass is 391 g/mol. The molecule has 0 saturated carbocycles. The third-order valence-corrected chi connectivity index (χ3v) is 5.03. The summed E-state index contributed by atoms with van der Waals surface area (Å²) in [6.07, 6.45) is 0. The van der Waals surface area contributed by atoms with Crippen LogP contribution < -0.4 is 0 Å². The normalized spacial score (nSPS) is 10.1. The molecule has 2 aromatic rings.